The number of benzene rings is 1. The van der Waals surface area contributed by atoms with Crippen LogP contribution >= 0.6 is 0 Å². The lowest BCUT2D eigenvalue weighted by Gasteiger charge is -2.09. The maximum atomic E-state index is 11.6. The molecule has 1 amide bonds. The summed E-state index contributed by atoms with van der Waals surface area (Å²) in [6.07, 6.45) is 2.37. The lowest BCUT2D eigenvalue weighted by atomic mass is 10.1. The maximum Gasteiger partial charge on any atom is 0.221 e. The minimum Gasteiger partial charge on any atom is -0.354 e. The Morgan fingerprint density at radius 2 is 2.21 bits per heavy atom. The molecule has 19 heavy (non-hydrogen) atoms. The molecule has 0 spiro atoms. The number of aromatic nitrogens is 1. The van der Waals surface area contributed by atoms with Crippen molar-refractivity contribution >= 4 is 16.8 Å². The number of hydrogen-bond donors (Lipinski definition) is 1. The lowest BCUT2D eigenvalue weighted by Crippen LogP contribution is -2.30. The predicted molar refractivity (Wildman–Crippen MR) is 74.5 cm³/mol. The van der Waals surface area contributed by atoms with Crippen LogP contribution in [0.5, 0.6) is 0 Å². The Balaban J connectivity index is 2.14. The van der Waals surface area contributed by atoms with Crippen molar-refractivity contribution in [3.8, 4) is 6.07 Å². The third kappa shape index (κ3) is 2.94. The molecule has 0 fully saturated rings. The fourth-order valence-electron chi connectivity index (χ4n) is 2.13. The molecule has 0 radical (unpaired) electrons. The topological polar surface area (TPSA) is 57.8 Å². The van der Waals surface area contributed by atoms with Crippen LogP contribution in [0.3, 0.4) is 0 Å². The van der Waals surface area contributed by atoms with Gasteiger partial charge in [-0.05, 0) is 32.0 Å². The van der Waals surface area contributed by atoms with E-state index >= 15 is 0 Å². The summed E-state index contributed by atoms with van der Waals surface area (Å²) in [6.45, 7) is 4.52. The zero-order valence-electron chi connectivity index (χ0n) is 11.2. The van der Waals surface area contributed by atoms with Crippen LogP contribution < -0.4 is 5.32 Å². The maximum absolute atomic E-state index is 11.6. The van der Waals surface area contributed by atoms with E-state index in [1.165, 1.54) is 0 Å². The number of amides is 1. The molecule has 2 aromatic rings. The van der Waals surface area contributed by atoms with Gasteiger partial charge in [-0.3, -0.25) is 4.79 Å². The molecule has 0 aliphatic heterocycles. The Kier molecular flexibility index (Phi) is 3.86. The van der Waals surface area contributed by atoms with E-state index in [1.807, 2.05) is 42.8 Å². The van der Waals surface area contributed by atoms with Gasteiger partial charge in [0, 0.05) is 36.1 Å². The number of fused-ring (bicyclic) bond motifs is 1. The highest BCUT2D eigenvalue weighted by Crippen LogP contribution is 2.19. The second-order valence-corrected chi connectivity index (χ2v) is 4.83. The van der Waals surface area contributed by atoms with E-state index in [2.05, 4.69) is 11.4 Å². The molecular formula is C15H17N3O. The quantitative estimate of drug-likeness (QED) is 0.912. The van der Waals surface area contributed by atoms with Crippen LogP contribution in [0.4, 0.5) is 0 Å². The third-order valence-electron chi connectivity index (χ3n) is 2.96. The van der Waals surface area contributed by atoms with E-state index in [-0.39, 0.29) is 11.9 Å². The predicted octanol–water partition coefficient (Wildman–Crippen LogP) is 2.43. The lowest BCUT2D eigenvalue weighted by molar-refractivity contribution is -0.121. The molecular weight excluding hydrogens is 238 g/mol. The summed E-state index contributed by atoms with van der Waals surface area (Å²) in [5.41, 5.74) is 1.67. The van der Waals surface area contributed by atoms with Crippen LogP contribution in [0.1, 0.15) is 25.8 Å². The molecule has 4 nitrogen and oxygen atoms in total. The summed E-state index contributed by atoms with van der Waals surface area (Å²) in [5, 5.41) is 12.8. The van der Waals surface area contributed by atoms with Crippen molar-refractivity contribution in [2.75, 3.05) is 0 Å². The summed E-state index contributed by atoms with van der Waals surface area (Å²) in [7, 11) is 0. The summed E-state index contributed by atoms with van der Waals surface area (Å²) < 4.78 is 2.01. The minimum absolute atomic E-state index is 0.0493. The molecule has 0 atom stereocenters. The van der Waals surface area contributed by atoms with E-state index in [0.717, 1.165) is 10.9 Å². The largest absolute Gasteiger partial charge is 0.354 e. The van der Waals surface area contributed by atoms with Gasteiger partial charge >= 0.3 is 0 Å². The first-order chi connectivity index (χ1) is 9.11. The standard InChI is InChI=1S/C15H17N3O/c1-11(2)17-15(19)7-9-18-8-6-13-12(10-16)4-3-5-14(13)18/h3-6,8,11H,7,9H2,1-2H3,(H,17,19). The van der Waals surface area contributed by atoms with E-state index in [1.54, 1.807) is 6.07 Å². The van der Waals surface area contributed by atoms with Gasteiger partial charge in [-0.25, -0.2) is 0 Å². The summed E-state index contributed by atoms with van der Waals surface area (Å²) in [4.78, 5) is 11.6. The average Bonchev–Trinajstić information content (AvgIpc) is 2.78. The molecule has 98 valence electrons. The first kappa shape index (κ1) is 13.2. The highest BCUT2D eigenvalue weighted by atomic mass is 16.1. The minimum atomic E-state index is 0.0493. The van der Waals surface area contributed by atoms with E-state index in [0.29, 0.717) is 18.5 Å². The number of carbonyl (C=O) groups excluding carboxylic acids is 1. The van der Waals surface area contributed by atoms with Crippen LogP contribution in [0, 0.1) is 11.3 Å². The zero-order chi connectivity index (χ0) is 13.8. The average molecular weight is 255 g/mol. The van der Waals surface area contributed by atoms with Gasteiger partial charge in [-0.2, -0.15) is 5.26 Å². The van der Waals surface area contributed by atoms with Crippen molar-refractivity contribution in [2.45, 2.75) is 32.9 Å². The number of nitrogens with zero attached hydrogens (tertiary/aromatic N) is 2. The number of hydrogen-bond acceptors (Lipinski definition) is 2. The van der Waals surface area contributed by atoms with Gasteiger partial charge in [-0.1, -0.05) is 6.07 Å². The van der Waals surface area contributed by atoms with Gasteiger partial charge in [0.25, 0.3) is 0 Å². The second-order valence-electron chi connectivity index (χ2n) is 4.83. The molecule has 0 aliphatic rings. The Hall–Kier alpha value is -2.28. The van der Waals surface area contributed by atoms with Crippen LogP contribution in [-0.4, -0.2) is 16.5 Å². The van der Waals surface area contributed by atoms with Crippen molar-refractivity contribution in [1.29, 1.82) is 5.26 Å². The van der Waals surface area contributed by atoms with Crippen molar-refractivity contribution in [3.63, 3.8) is 0 Å². The zero-order valence-corrected chi connectivity index (χ0v) is 11.2. The molecule has 0 bridgehead atoms. The molecule has 1 aromatic carbocycles. The summed E-state index contributed by atoms with van der Waals surface area (Å²) in [6, 6.07) is 9.91. The Labute approximate surface area is 112 Å². The van der Waals surface area contributed by atoms with Crippen LogP contribution in [0.25, 0.3) is 10.9 Å². The van der Waals surface area contributed by atoms with Gasteiger partial charge in [0.15, 0.2) is 0 Å². The van der Waals surface area contributed by atoms with Gasteiger partial charge in [0.2, 0.25) is 5.91 Å². The van der Waals surface area contributed by atoms with E-state index < -0.39 is 0 Å². The molecule has 1 heterocycles. The number of rotatable bonds is 4. The van der Waals surface area contributed by atoms with Crippen molar-refractivity contribution < 1.29 is 4.79 Å². The summed E-state index contributed by atoms with van der Waals surface area (Å²) >= 11 is 0. The van der Waals surface area contributed by atoms with Gasteiger partial charge in [0.1, 0.15) is 0 Å². The summed E-state index contributed by atoms with van der Waals surface area (Å²) in [5.74, 6) is 0.0493. The molecule has 1 aromatic heterocycles. The number of aryl methyl sites for hydroxylation is 1. The van der Waals surface area contributed by atoms with Crippen molar-refractivity contribution in [3.05, 3.63) is 36.0 Å². The van der Waals surface area contributed by atoms with E-state index in [4.69, 9.17) is 5.26 Å². The number of nitriles is 1. The van der Waals surface area contributed by atoms with E-state index in [9.17, 15) is 4.79 Å². The Morgan fingerprint density at radius 1 is 1.42 bits per heavy atom. The fraction of sp³-hybridized carbons (Fsp3) is 0.333. The van der Waals surface area contributed by atoms with Gasteiger partial charge < -0.3 is 9.88 Å². The van der Waals surface area contributed by atoms with Gasteiger partial charge in [0.05, 0.1) is 11.6 Å². The first-order valence-corrected chi connectivity index (χ1v) is 6.39. The highest BCUT2D eigenvalue weighted by molar-refractivity contribution is 5.86. The molecule has 0 saturated heterocycles. The van der Waals surface area contributed by atoms with Crippen LogP contribution in [0.2, 0.25) is 0 Å². The SMILES string of the molecule is CC(C)NC(=O)CCn1ccc2c(C#N)cccc21. The molecule has 0 unspecified atom stereocenters. The van der Waals surface area contributed by atoms with Crippen LogP contribution in [-0.2, 0) is 11.3 Å². The Morgan fingerprint density at radius 3 is 2.89 bits per heavy atom. The van der Waals surface area contributed by atoms with Crippen molar-refractivity contribution in [1.82, 2.24) is 9.88 Å². The van der Waals surface area contributed by atoms with Crippen molar-refractivity contribution in [2.24, 2.45) is 0 Å². The monoisotopic (exact) mass is 255 g/mol. The molecule has 0 saturated carbocycles. The third-order valence-corrected chi connectivity index (χ3v) is 2.96. The normalized spacial score (nSPS) is 10.6. The Bertz CT molecular complexity index is 634. The smallest absolute Gasteiger partial charge is 0.221 e. The molecule has 1 N–H and O–H groups in total. The first-order valence-electron chi connectivity index (χ1n) is 6.39. The second kappa shape index (κ2) is 5.57. The fourth-order valence-corrected chi connectivity index (χ4v) is 2.13. The number of carbonyl (C=O) groups is 1. The molecule has 0 aliphatic carbocycles. The highest BCUT2D eigenvalue weighted by Gasteiger charge is 2.07. The molecule has 2 rings (SSSR count). The van der Waals surface area contributed by atoms with Crippen LogP contribution in [0.15, 0.2) is 30.5 Å². The van der Waals surface area contributed by atoms with Gasteiger partial charge in [-0.15, -0.1) is 0 Å². The molecule has 4 heteroatoms. The number of nitrogens with one attached hydrogen (secondary N) is 1.